The molecule has 0 atom stereocenters. The van der Waals surface area contributed by atoms with E-state index in [1.807, 2.05) is 73.9 Å². The molecule has 0 spiro atoms. The van der Waals surface area contributed by atoms with E-state index in [1.165, 1.54) is 12.4 Å². The van der Waals surface area contributed by atoms with Crippen molar-refractivity contribution in [3.8, 4) is 68.1 Å². The Kier molecular flexibility index (Phi) is 8.23. The maximum atomic E-state index is 9.46. The van der Waals surface area contributed by atoms with Gasteiger partial charge in [0.2, 0.25) is 5.82 Å². The fraction of sp³-hybridized carbons (Fsp3) is 0.0862. The zero-order valence-electron chi connectivity index (χ0n) is 47.9. The first-order valence-corrected chi connectivity index (χ1v) is 20.8. The number of hydrogen-bond acceptors (Lipinski definition) is 5. The SMILES string of the molecule is [2H]c1c([2H])c([2H])c(-c2cccc(-c3c([2H])c([2H])c([2H])c([2H])c3[2H])c2-[n+]2[c-]n(-c3[c-]c(Oc4[c-]c5c(cc4)c4ccccc4n5-c4cc(C([2H])([2H])C(C)(C)C)c(-c5cnc(C#N)nc5)cn4)ccc3)c3ccccc32)c([2H])c1[2H].[Pt]. The van der Waals surface area contributed by atoms with Gasteiger partial charge in [-0.1, -0.05) is 147 Å². The predicted octanol–water partition coefficient (Wildman–Crippen LogP) is 12.8. The summed E-state index contributed by atoms with van der Waals surface area (Å²) in [6.07, 6.45) is 6.05. The third-order valence-corrected chi connectivity index (χ3v) is 10.8. The molecule has 0 fully saturated rings. The number of para-hydroxylation sites is 4. The standard InChI is InChI=1S/C58H41N7O.Pt/c1-58(2,3)33-41-30-56(62-37-50(41)42-35-60-55(34-59)61-36-42)65-51-25-11-10-22-48(51)49-29-28-45(32-54(49)65)66-44-21-14-20-43(31-44)63-38-64(53-27-13-12-26-52(53)63)57-46(39-16-6-4-7-17-39)23-15-24-47(57)40-18-8-5-9-19-40;/h4-30,35-37H,33H2,1-3H3;/q-2;/i4D,5D,6D,7D,8D,9D,16D,17D,18D,19D,33D2;. The van der Waals surface area contributed by atoms with Gasteiger partial charge < -0.3 is 13.9 Å². The second-order valence-corrected chi connectivity index (χ2v) is 16.3. The van der Waals surface area contributed by atoms with Crippen molar-refractivity contribution in [2.24, 2.45) is 5.41 Å². The van der Waals surface area contributed by atoms with E-state index in [4.69, 9.17) is 23.4 Å². The van der Waals surface area contributed by atoms with Gasteiger partial charge in [0.25, 0.3) is 6.33 Å². The first-order chi connectivity index (χ1) is 37.2. The van der Waals surface area contributed by atoms with E-state index in [1.54, 1.807) is 76.0 Å². The molecular formula is C58H41N7OPt-2. The zero-order chi connectivity index (χ0) is 55.3. The van der Waals surface area contributed by atoms with E-state index in [2.05, 4.69) is 28.4 Å². The minimum Gasteiger partial charge on any atom is -0.510 e. The van der Waals surface area contributed by atoms with Crippen LogP contribution in [-0.4, -0.2) is 24.1 Å². The number of fused-ring (bicyclic) bond motifs is 4. The number of imidazole rings is 1. The number of pyridine rings is 1. The van der Waals surface area contributed by atoms with E-state index in [0.717, 1.165) is 16.3 Å². The second-order valence-electron chi connectivity index (χ2n) is 16.3. The van der Waals surface area contributed by atoms with Gasteiger partial charge in [0.15, 0.2) is 0 Å². The van der Waals surface area contributed by atoms with E-state index in [0.29, 0.717) is 50.5 Å². The Morgan fingerprint density at radius 1 is 0.687 bits per heavy atom. The molecule has 0 saturated heterocycles. The summed E-state index contributed by atoms with van der Waals surface area (Å²) in [5.74, 6) is 0.979. The molecule has 0 N–H and O–H groups in total. The average molecular weight is 1060 g/mol. The monoisotopic (exact) mass is 1060 g/mol. The van der Waals surface area contributed by atoms with Crippen LogP contribution in [-0.2, 0) is 27.4 Å². The molecule has 7 aromatic carbocycles. The van der Waals surface area contributed by atoms with Gasteiger partial charge in [-0.05, 0) is 62.8 Å². The second kappa shape index (κ2) is 17.8. The van der Waals surface area contributed by atoms with Crippen LogP contribution in [0, 0.1) is 35.2 Å². The van der Waals surface area contributed by atoms with E-state index in [9.17, 15) is 8.00 Å². The predicted molar refractivity (Wildman–Crippen MR) is 260 cm³/mol. The van der Waals surface area contributed by atoms with Crippen LogP contribution in [0.1, 0.15) is 48.6 Å². The van der Waals surface area contributed by atoms with Gasteiger partial charge >= 0.3 is 0 Å². The van der Waals surface area contributed by atoms with E-state index >= 15 is 0 Å². The normalized spacial score (nSPS) is 14.2. The Morgan fingerprint density at radius 3 is 2.04 bits per heavy atom. The molecule has 0 aliphatic rings. The molecule has 0 aliphatic carbocycles. The minimum absolute atomic E-state index is 0. The van der Waals surface area contributed by atoms with Crippen LogP contribution in [0.5, 0.6) is 11.5 Å². The summed E-state index contributed by atoms with van der Waals surface area (Å²) in [6, 6.07) is 33.5. The number of rotatable bonds is 9. The molecule has 4 aromatic heterocycles. The van der Waals surface area contributed by atoms with Crippen molar-refractivity contribution in [1.82, 2.24) is 24.1 Å². The molecule has 326 valence electrons. The molecule has 9 heteroatoms. The molecule has 0 saturated carbocycles. The quantitative estimate of drug-likeness (QED) is 0.106. The summed E-state index contributed by atoms with van der Waals surface area (Å²) in [5.41, 5.74) is 3.31. The van der Waals surface area contributed by atoms with Crippen LogP contribution in [0.15, 0.2) is 182 Å². The van der Waals surface area contributed by atoms with Crippen molar-refractivity contribution >= 4 is 32.8 Å². The van der Waals surface area contributed by atoms with Gasteiger partial charge in [-0.25, -0.2) is 15.0 Å². The van der Waals surface area contributed by atoms with Gasteiger partial charge in [-0.2, -0.15) is 23.5 Å². The third kappa shape index (κ3) is 8.20. The smallest absolute Gasteiger partial charge is 0.268 e. The molecule has 67 heavy (non-hydrogen) atoms. The van der Waals surface area contributed by atoms with Crippen molar-refractivity contribution in [3.63, 3.8) is 0 Å². The Bertz CT molecular complexity index is 4210. The van der Waals surface area contributed by atoms with Crippen molar-refractivity contribution in [3.05, 3.63) is 212 Å². The van der Waals surface area contributed by atoms with Crippen LogP contribution >= 0.6 is 0 Å². The fourth-order valence-electron chi connectivity index (χ4n) is 8.11. The number of benzene rings is 7. The first kappa shape index (κ1) is 31.0. The Balaban J connectivity index is 0.00000704. The topological polar surface area (TPSA) is 85.4 Å². The van der Waals surface area contributed by atoms with Crippen LogP contribution in [0.3, 0.4) is 0 Å². The molecule has 0 bridgehead atoms. The van der Waals surface area contributed by atoms with Crippen LogP contribution in [0.25, 0.3) is 83.4 Å². The number of nitrogens with zero attached hydrogens (tertiary/aromatic N) is 7. The molecule has 0 aliphatic heterocycles. The largest absolute Gasteiger partial charge is 0.510 e. The first-order valence-electron chi connectivity index (χ1n) is 26.8. The van der Waals surface area contributed by atoms with Crippen LogP contribution in [0.4, 0.5) is 0 Å². The molecule has 11 aromatic rings. The van der Waals surface area contributed by atoms with E-state index in [-0.39, 0.29) is 60.6 Å². The zero-order valence-corrected chi connectivity index (χ0v) is 38.2. The maximum absolute atomic E-state index is 9.46. The Labute approximate surface area is 420 Å². The molecule has 0 radical (unpaired) electrons. The number of nitriles is 1. The van der Waals surface area contributed by atoms with Crippen molar-refractivity contribution in [2.45, 2.75) is 27.1 Å². The Hall–Kier alpha value is -7.98. The average Bonchev–Trinajstić information content (AvgIpc) is 4.15. The minimum atomic E-state index is -1.90. The van der Waals surface area contributed by atoms with Gasteiger partial charge in [-0.3, -0.25) is 4.57 Å². The van der Waals surface area contributed by atoms with Gasteiger partial charge in [0.1, 0.15) is 11.9 Å². The summed E-state index contributed by atoms with van der Waals surface area (Å²) in [6.45, 7) is 5.46. The van der Waals surface area contributed by atoms with Gasteiger partial charge in [0, 0.05) is 70.5 Å². The van der Waals surface area contributed by atoms with Crippen molar-refractivity contribution in [1.29, 1.82) is 5.26 Å². The summed E-state index contributed by atoms with van der Waals surface area (Å²) in [4.78, 5) is 13.2. The van der Waals surface area contributed by atoms with Crippen molar-refractivity contribution in [2.75, 3.05) is 0 Å². The van der Waals surface area contributed by atoms with Crippen molar-refractivity contribution < 1.29 is 46.8 Å². The van der Waals surface area contributed by atoms with Gasteiger partial charge in [-0.15, -0.1) is 29.7 Å². The van der Waals surface area contributed by atoms with Crippen LogP contribution in [0.2, 0.25) is 0 Å². The number of hydrogen-bond donors (Lipinski definition) is 0. The maximum Gasteiger partial charge on any atom is 0.268 e. The number of ether oxygens (including phenoxy) is 1. The summed E-state index contributed by atoms with van der Waals surface area (Å²) < 4.78 is 118. The molecule has 4 heterocycles. The van der Waals surface area contributed by atoms with E-state index < -0.39 is 72.2 Å². The fourth-order valence-corrected chi connectivity index (χ4v) is 8.11. The Morgan fingerprint density at radius 2 is 1.34 bits per heavy atom. The molecule has 11 rings (SSSR count). The molecule has 8 nitrogen and oxygen atoms in total. The summed E-state index contributed by atoms with van der Waals surface area (Å²) in [5, 5.41) is 11.1. The third-order valence-electron chi connectivity index (χ3n) is 10.8. The van der Waals surface area contributed by atoms with Crippen LogP contribution < -0.4 is 9.30 Å². The molecule has 0 amide bonds. The molecule has 0 unspecified atom stereocenters. The summed E-state index contributed by atoms with van der Waals surface area (Å²) >= 11 is 0. The summed E-state index contributed by atoms with van der Waals surface area (Å²) in [7, 11) is 0. The number of aromatic nitrogens is 6. The molecular weight excluding hydrogens is 1010 g/mol. The van der Waals surface area contributed by atoms with Gasteiger partial charge in [0.05, 0.1) is 30.4 Å².